The van der Waals surface area contributed by atoms with Crippen LogP contribution in [0.15, 0.2) is 24.3 Å². The van der Waals surface area contributed by atoms with E-state index in [1.807, 2.05) is 0 Å². The molecule has 1 aromatic rings. The molecule has 0 spiro atoms. The summed E-state index contributed by atoms with van der Waals surface area (Å²) in [6.07, 6.45) is -0.603. The average Bonchev–Trinajstić information content (AvgIpc) is 2.22. The summed E-state index contributed by atoms with van der Waals surface area (Å²) in [5.74, 6) is 0.235. The minimum absolute atomic E-state index is 0.355. The monoisotopic (exact) mass is 209 g/mol. The Morgan fingerprint density at radius 1 is 1.40 bits per heavy atom. The fraction of sp³-hybridized carbons (Fsp3) is 0.364. The molecule has 1 aromatic carbocycles. The van der Waals surface area contributed by atoms with Gasteiger partial charge in [-0.25, -0.2) is 4.79 Å². The lowest BCUT2D eigenvalue weighted by Gasteiger charge is -2.13. The highest BCUT2D eigenvalue weighted by atomic mass is 16.6. The number of anilines is 1. The lowest BCUT2D eigenvalue weighted by molar-refractivity contribution is -0.150. The van der Waals surface area contributed by atoms with Gasteiger partial charge in [0.2, 0.25) is 0 Å². The molecule has 1 rings (SSSR count). The third-order valence-electron chi connectivity index (χ3n) is 1.81. The zero-order chi connectivity index (χ0) is 11.3. The molecular weight excluding hydrogens is 194 g/mol. The Morgan fingerprint density at radius 3 is 2.53 bits per heavy atom. The van der Waals surface area contributed by atoms with Crippen LogP contribution in [0.3, 0.4) is 0 Å². The van der Waals surface area contributed by atoms with Crippen molar-refractivity contribution < 1.29 is 14.3 Å². The van der Waals surface area contributed by atoms with Gasteiger partial charge in [0.1, 0.15) is 5.75 Å². The van der Waals surface area contributed by atoms with Crippen LogP contribution in [0, 0.1) is 0 Å². The first-order valence-corrected chi connectivity index (χ1v) is 4.82. The van der Waals surface area contributed by atoms with E-state index in [9.17, 15) is 4.79 Å². The first-order valence-electron chi connectivity index (χ1n) is 4.82. The molecule has 15 heavy (non-hydrogen) atoms. The van der Waals surface area contributed by atoms with Crippen LogP contribution in [0.4, 0.5) is 5.69 Å². The van der Waals surface area contributed by atoms with Crippen molar-refractivity contribution in [3.05, 3.63) is 24.3 Å². The molecule has 0 aromatic heterocycles. The minimum Gasteiger partial charge on any atom is -0.479 e. The van der Waals surface area contributed by atoms with Crippen molar-refractivity contribution >= 4 is 11.7 Å². The fourth-order valence-electron chi connectivity index (χ4n) is 1.06. The predicted molar refractivity (Wildman–Crippen MR) is 57.6 cm³/mol. The SMILES string of the molecule is CCOC(=O)[C@@H](C)Oc1ccc(N)cc1. The molecule has 0 radical (unpaired) electrons. The van der Waals surface area contributed by atoms with Gasteiger partial charge in [-0.05, 0) is 38.1 Å². The first-order chi connectivity index (χ1) is 7.13. The molecule has 0 amide bonds. The second-order valence-corrected chi connectivity index (χ2v) is 3.08. The van der Waals surface area contributed by atoms with E-state index in [0.29, 0.717) is 18.0 Å². The number of carbonyl (C=O) groups is 1. The van der Waals surface area contributed by atoms with Gasteiger partial charge in [-0.1, -0.05) is 0 Å². The quantitative estimate of drug-likeness (QED) is 0.604. The Hall–Kier alpha value is -1.71. The molecule has 4 heteroatoms. The number of benzene rings is 1. The van der Waals surface area contributed by atoms with Crippen LogP contribution in [0.25, 0.3) is 0 Å². The Labute approximate surface area is 89.0 Å². The maximum absolute atomic E-state index is 11.2. The van der Waals surface area contributed by atoms with Crippen molar-refractivity contribution in [3.8, 4) is 5.75 Å². The number of nitrogens with two attached hydrogens (primary N) is 1. The minimum atomic E-state index is -0.603. The lowest BCUT2D eigenvalue weighted by atomic mass is 10.3. The molecule has 0 aliphatic carbocycles. The summed E-state index contributed by atoms with van der Waals surface area (Å²) < 4.78 is 10.2. The van der Waals surface area contributed by atoms with Crippen LogP contribution in [-0.4, -0.2) is 18.7 Å². The third-order valence-corrected chi connectivity index (χ3v) is 1.81. The van der Waals surface area contributed by atoms with Crippen LogP contribution in [0.2, 0.25) is 0 Å². The van der Waals surface area contributed by atoms with E-state index in [0.717, 1.165) is 0 Å². The molecule has 82 valence electrons. The van der Waals surface area contributed by atoms with Gasteiger partial charge in [0, 0.05) is 5.69 Å². The average molecular weight is 209 g/mol. The topological polar surface area (TPSA) is 61.5 Å². The van der Waals surface area contributed by atoms with E-state index in [2.05, 4.69) is 0 Å². The van der Waals surface area contributed by atoms with Gasteiger partial charge in [0.25, 0.3) is 0 Å². The van der Waals surface area contributed by atoms with Gasteiger partial charge in [-0.3, -0.25) is 0 Å². The van der Waals surface area contributed by atoms with Crippen molar-refractivity contribution in [1.82, 2.24) is 0 Å². The molecule has 0 bridgehead atoms. The molecule has 0 saturated heterocycles. The predicted octanol–water partition coefficient (Wildman–Crippen LogP) is 1.60. The number of ether oxygens (including phenoxy) is 2. The summed E-state index contributed by atoms with van der Waals surface area (Å²) in [5.41, 5.74) is 6.18. The standard InChI is InChI=1S/C11H15NO3/c1-3-14-11(13)8(2)15-10-6-4-9(12)5-7-10/h4-8H,3,12H2,1-2H3/t8-/m1/s1. The number of rotatable bonds is 4. The van der Waals surface area contributed by atoms with Crippen LogP contribution in [0.5, 0.6) is 5.75 Å². The summed E-state index contributed by atoms with van der Waals surface area (Å²) >= 11 is 0. The molecule has 4 nitrogen and oxygen atoms in total. The number of nitrogen functional groups attached to an aromatic ring is 1. The van der Waals surface area contributed by atoms with E-state index in [1.165, 1.54) is 0 Å². The zero-order valence-electron chi connectivity index (χ0n) is 8.90. The molecule has 0 unspecified atom stereocenters. The number of carbonyl (C=O) groups excluding carboxylic acids is 1. The normalized spacial score (nSPS) is 11.9. The van der Waals surface area contributed by atoms with E-state index in [1.54, 1.807) is 38.1 Å². The van der Waals surface area contributed by atoms with E-state index in [-0.39, 0.29) is 5.97 Å². The Morgan fingerprint density at radius 2 is 2.00 bits per heavy atom. The van der Waals surface area contributed by atoms with Crippen LogP contribution in [-0.2, 0) is 9.53 Å². The van der Waals surface area contributed by atoms with Gasteiger partial charge in [-0.2, -0.15) is 0 Å². The number of hydrogen-bond acceptors (Lipinski definition) is 4. The number of hydrogen-bond donors (Lipinski definition) is 1. The van der Waals surface area contributed by atoms with Crippen molar-refractivity contribution in [2.24, 2.45) is 0 Å². The molecule has 0 aliphatic rings. The summed E-state index contributed by atoms with van der Waals surface area (Å²) in [5, 5.41) is 0. The molecule has 2 N–H and O–H groups in total. The smallest absolute Gasteiger partial charge is 0.347 e. The molecular formula is C11H15NO3. The Balaban J connectivity index is 2.54. The summed E-state index contributed by atoms with van der Waals surface area (Å²) in [4.78, 5) is 11.2. The maximum atomic E-state index is 11.2. The number of esters is 1. The molecule has 0 fully saturated rings. The van der Waals surface area contributed by atoms with Gasteiger partial charge in [0.15, 0.2) is 6.10 Å². The van der Waals surface area contributed by atoms with E-state index < -0.39 is 6.10 Å². The summed E-state index contributed by atoms with van der Waals surface area (Å²) in [6, 6.07) is 6.86. The second-order valence-electron chi connectivity index (χ2n) is 3.08. The van der Waals surface area contributed by atoms with Crippen molar-refractivity contribution in [2.75, 3.05) is 12.3 Å². The summed E-state index contributed by atoms with van der Waals surface area (Å²) in [7, 11) is 0. The largest absolute Gasteiger partial charge is 0.479 e. The Kier molecular flexibility index (Phi) is 3.97. The van der Waals surface area contributed by atoms with Gasteiger partial charge in [0.05, 0.1) is 6.61 Å². The van der Waals surface area contributed by atoms with E-state index in [4.69, 9.17) is 15.2 Å². The fourth-order valence-corrected chi connectivity index (χ4v) is 1.06. The lowest BCUT2D eigenvalue weighted by Crippen LogP contribution is -2.25. The van der Waals surface area contributed by atoms with E-state index >= 15 is 0 Å². The van der Waals surface area contributed by atoms with Gasteiger partial charge >= 0.3 is 5.97 Å². The second kappa shape index (κ2) is 5.24. The highest BCUT2D eigenvalue weighted by Gasteiger charge is 2.15. The van der Waals surface area contributed by atoms with Gasteiger partial charge < -0.3 is 15.2 Å². The van der Waals surface area contributed by atoms with Crippen LogP contribution in [0.1, 0.15) is 13.8 Å². The molecule has 0 aliphatic heterocycles. The first kappa shape index (κ1) is 11.4. The van der Waals surface area contributed by atoms with Crippen molar-refractivity contribution in [2.45, 2.75) is 20.0 Å². The van der Waals surface area contributed by atoms with Crippen LogP contribution < -0.4 is 10.5 Å². The third kappa shape index (κ3) is 3.50. The summed E-state index contributed by atoms with van der Waals surface area (Å²) in [6.45, 7) is 3.76. The molecule has 0 saturated carbocycles. The maximum Gasteiger partial charge on any atom is 0.347 e. The van der Waals surface area contributed by atoms with Crippen molar-refractivity contribution in [3.63, 3.8) is 0 Å². The van der Waals surface area contributed by atoms with Crippen LogP contribution >= 0.6 is 0 Å². The highest BCUT2D eigenvalue weighted by Crippen LogP contribution is 2.14. The van der Waals surface area contributed by atoms with Crippen molar-refractivity contribution in [1.29, 1.82) is 0 Å². The highest BCUT2D eigenvalue weighted by molar-refractivity contribution is 5.74. The molecule has 0 heterocycles. The van der Waals surface area contributed by atoms with Gasteiger partial charge in [-0.15, -0.1) is 0 Å². The molecule has 1 atom stereocenters. The zero-order valence-corrected chi connectivity index (χ0v) is 8.90. The Bertz CT molecular complexity index is 321.